The maximum absolute atomic E-state index is 2.57. The van der Waals surface area contributed by atoms with Gasteiger partial charge in [0.2, 0.25) is 0 Å². The van der Waals surface area contributed by atoms with E-state index in [1.54, 1.807) is 0 Å². The summed E-state index contributed by atoms with van der Waals surface area (Å²) in [4.78, 5) is 2.57. The summed E-state index contributed by atoms with van der Waals surface area (Å²) in [7, 11) is 2.20. The third kappa shape index (κ3) is 4.15. The third-order valence-electron chi connectivity index (χ3n) is 4.58. The van der Waals surface area contributed by atoms with Gasteiger partial charge in [0.05, 0.1) is 0 Å². The number of aryl methyl sites for hydroxylation is 1. The van der Waals surface area contributed by atoms with Gasteiger partial charge in [-0.2, -0.15) is 0 Å². The second-order valence-corrected chi connectivity index (χ2v) is 10.3. The molecule has 0 unspecified atom stereocenters. The SMILES string of the molecule is C[As]CCN(CC(C)(C)C)c1ccc2ccn(-c3ccccc3)c2[n+]1C. The van der Waals surface area contributed by atoms with E-state index < -0.39 is 0 Å². The number of nitrogens with zero attached hydrogens (tertiary/aromatic N) is 3. The fourth-order valence-corrected chi connectivity index (χ4v) is 4.42. The van der Waals surface area contributed by atoms with Gasteiger partial charge in [0.1, 0.15) is 0 Å². The zero-order valence-electron chi connectivity index (χ0n) is 16.6. The molecule has 1 aromatic carbocycles. The van der Waals surface area contributed by atoms with Gasteiger partial charge in [0.15, 0.2) is 0 Å². The van der Waals surface area contributed by atoms with Gasteiger partial charge in [-0.05, 0) is 0 Å². The Labute approximate surface area is 164 Å². The minimum atomic E-state index is 0.271. The first-order valence-corrected chi connectivity index (χ1v) is 12.5. The van der Waals surface area contributed by atoms with Gasteiger partial charge < -0.3 is 0 Å². The third-order valence-corrected chi connectivity index (χ3v) is 5.94. The summed E-state index contributed by atoms with van der Waals surface area (Å²) in [5.74, 6) is 1.30. The van der Waals surface area contributed by atoms with E-state index in [1.165, 1.54) is 27.7 Å². The molecule has 137 valence electrons. The van der Waals surface area contributed by atoms with E-state index in [2.05, 4.69) is 102 Å². The average molecular weight is 411 g/mol. The second-order valence-electron chi connectivity index (χ2n) is 8.07. The molecule has 3 rings (SSSR count). The number of hydrogen-bond acceptors (Lipinski definition) is 1. The molecular weight excluding hydrogens is 381 g/mol. The molecule has 0 atom stereocenters. The van der Waals surface area contributed by atoms with Crippen molar-refractivity contribution in [2.75, 3.05) is 18.0 Å². The number of para-hydroxylation sites is 1. The molecule has 3 aromatic rings. The standard InChI is InChI=1S/C22H30AsN3/c1-22(2,3)17-25(16-14-23-4)20-12-11-18-13-15-26(21(18)24(20)5)19-9-7-6-8-10-19/h6-13,15H,14,16-17H2,1-5H3/q+1. The number of pyridine rings is 1. The summed E-state index contributed by atoms with van der Waals surface area (Å²) in [5.41, 5.74) is 5.08. The first-order chi connectivity index (χ1) is 12.4. The van der Waals surface area contributed by atoms with Crippen LogP contribution in [-0.2, 0) is 7.05 Å². The van der Waals surface area contributed by atoms with Crippen LogP contribution in [0.1, 0.15) is 20.8 Å². The molecule has 0 aliphatic carbocycles. The molecule has 26 heavy (non-hydrogen) atoms. The predicted molar refractivity (Wildman–Crippen MR) is 113 cm³/mol. The Kier molecular flexibility index (Phi) is 5.77. The van der Waals surface area contributed by atoms with Gasteiger partial charge in [0, 0.05) is 0 Å². The van der Waals surface area contributed by atoms with Crippen molar-refractivity contribution in [1.82, 2.24) is 4.57 Å². The van der Waals surface area contributed by atoms with E-state index >= 15 is 0 Å². The van der Waals surface area contributed by atoms with Crippen molar-refractivity contribution >= 4 is 32.6 Å². The molecule has 0 bridgehead atoms. The summed E-state index contributed by atoms with van der Waals surface area (Å²) < 4.78 is 4.65. The average Bonchev–Trinajstić information content (AvgIpc) is 3.04. The zero-order valence-corrected chi connectivity index (χ0v) is 18.5. The molecule has 3 nitrogen and oxygen atoms in total. The van der Waals surface area contributed by atoms with Crippen LogP contribution in [0.3, 0.4) is 0 Å². The molecule has 0 aliphatic rings. The summed E-state index contributed by atoms with van der Waals surface area (Å²) in [6, 6.07) is 17.4. The Hall–Kier alpha value is -1.73. The number of hydrogen-bond donors (Lipinski definition) is 0. The molecule has 0 amide bonds. The topological polar surface area (TPSA) is 12.1 Å². The van der Waals surface area contributed by atoms with Crippen LogP contribution in [0.25, 0.3) is 16.7 Å². The van der Waals surface area contributed by atoms with Crippen molar-refractivity contribution in [2.45, 2.75) is 31.7 Å². The summed E-state index contributed by atoms with van der Waals surface area (Å²) in [6.45, 7) is 9.18. The molecule has 0 aliphatic heterocycles. The maximum atomic E-state index is 2.57. The normalized spacial score (nSPS) is 12.3. The number of anilines is 1. The van der Waals surface area contributed by atoms with Crippen molar-refractivity contribution in [1.29, 1.82) is 0 Å². The summed E-state index contributed by atoms with van der Waals surface area (Å²) in [5, 5.41) is 2.59. The quantitative estimate of drug-likeness (QED) is 0.430. The van der Waals surface area contributed by atoms with Crippen LogP contribution >= 0.6 is 0 Å². The predicted octanol–water partition coefficient (Wildman–Crippen LogP) is 4.48. The number of fused-ring (bicyclic) bond motifs is 1. The van der Waals surface area contributed by atoms with E-state index in [0.717, 1.165) is 13.1 Å². The Morgan fingerprint density at radius 2 is 1.77 bits per heavy atom. The van der Waals surface area contributed by atoms with Gasteiger partial charge >= 0.3 is 164 Å². The van der Waals surface area contributed by atoms with Crippen LogP contribution in [-0.4, -0.2) is 33.4 Å². The van der Waals surface area contributed by atoms with E-state index in [9.17, 15) is 0 Å². The molecule has 2 heterocycles. The van der Waals surface area contributed by atoms with Crippen molar-refractivity contribution in [3.8, 4) is 5.69 Å². The van der Waals surface area contributed by atoms with E-state index in [-0.39, 0.29) is 5.41 Å². The van der Waals surface area contributed by atoms with Crippen molar-refractivity contribution < 1.29 is 4.57 Å². The summed E-state index contributed by atoms with van der Waals surface area (Å²) >= 11 is 0.439. The van der Waals surface area contributed by atoms with Gasteiger partial charge in [-0.3, -0.25) is 0 Å². The molecule has 0 fully saturated rings. The second kappa shape index (κ2) is 7.88. The monoisotopic (exact) mass is 411 g/mol. The number of benzene rings is 1. The van der Waals surface area contributed by atoms with Crippen LogP contribution in [0, 0.1) is 5.41 Å². The molecule has 0 saturated heterocycles. The van der Waals surface area contributed by atoms with Gasteiger partial charge in [0.25, 0.3) is 0 Å². The van der Waals surface area contributed by atoms with Gasteiger partial charge in [-0.1, -0.05) is 0 Å². The van der Waals surface area contributed by atoms with E-state index in [1.807, 2.05) is 0 Å². The molecule has 2 aromatic heterocycles. The Bertz CT molecular complexity index is 862. The first kappa shape index (κ1) is 19.0. The van der Waals surface area contributed by atoms with E-state index in [4.69, 9.17) is 0 Å². The van der Waals surface area contributed by atoms with Crippen molar-refractivity contribution in [2.24, 2.45) is 12.5 Å². The Balaban J connectivity index is 2.09. The van der Waals surface area contributed by atoms with Crippen LogP contribution in [0.5, 0.6) is 0 Å². The Morgan fingerprint density at radius 3 is 2.42 bits per heavy atom. The van der Waals surface area contributed by atoms with Crippen molar-refractivity contribution in [3.63, 3.8) is 0 Å². The number of aromatic nitrogens is 2. The number of rotatable bonds is 6. The van der Waals surface area contributed by atoms with Gasteiger partial charge in [-0.15, -0.1) is 0 Å². The zero-order chi connectivity index (χ0) is 18.7. The van der Waals surface area contributed by atoms with Crippen LogP contribution in [0.4, 0.5) is 5.82 Å². The molecule has 0 N–H and O–H groups in total. The fourth-order valence-electron chi connectivity index (χ4n) is 3.49. The first-order valence-electron chi connectivity index (χ1n) is 9.27. The molecule has 0 saturated carbocycles. The molecule has 4 heteroatoms. The van der Waals surface area contributed by atoms with Crippen molar-refractivity contribution in [3.05, 3.63) is 54.7 Å². The Morgan fingerprint density at radius 1 is 1.04 bits per heavy atom. The molecular formula is C22H30AsN3+. The van der Waals surface area contributed by atoms with Crippen LogP contribution < -0.4 is 9.47 Å². The van der Waals surface area contributed by atoms with Gasteiger partial charge in [-0.25, -0.2) is 0 Å². The van der Waals surface area contributed by atoms with Crippen LogP contribution in [0.2, 0.25) is 10.9 Å². The molecule has 0 spiro atoms. The molecule has 1 radical (unpaired) electrons. The van der Waals surface area contributed by atoms with E-state index in [0.29, 0.717) is 15.8 Å². The minimum absolute atomic E-state index is 0.271. The summed E-state index contributed by atoms with van der Waals surface area (Å²) in [6.07, 6.45) is 2.18. The van der Waals surface area contributed by atoms with Crippen LogP contribution in [0.15, 0.2) is 54.7 Å². The fraction of sp³-hybridized carbons (Fsp3) is 0.409.